The van der Waals surface area contributed by atoms with E-state index in [0.29, 0.717) is 15.7 Å². The Labute approximate surface area is 176 Å². The number of esters is 3. The van der Waals surface area contributed by atoms with Crippen molar-refractivity contribution >= 4 is 39.5 Å². The first-order chi connectivity index (χ1) is 13.6. The van der Waals surface area contributed by atoms with Crippen molar-refractivity contribution in [3.05, 3.63) is 51.0 Å². The van der Waals surface area contributed by atoms with Crippen molar-refractivity contribution < 1.29 is 28.6 Å². The Kier molecular flexibility index (Phi) is 5.44. The van der Waals surface area contributed by atoms with E-state index in [0.717, 1.165) is 0 Å². The number of carbonyl (C=O) groups is 3. The zero-order valence-corrected chi connectivity index (χ0v) is 18.0. The summed E-state index contributed by atoms with van der Waals surface area (Å²) >= 11 is 3.38. The van der Waals surface area contributed by atoms with Crippen molar-refractivity contribution in [1.82, 2.24) is 0 Å². The number of fused-ring (bicyclic) bond motifs is 2. The van der Waals surface area contributed by atoms with Crippen LogP contribution in [0.3, 0.4) is 0 Å². The molecule has 0 saturated heterocycles. The number of hydrogen-bond acceptors (Lipinski definition) is 8. The Morgan fingerprint density at radius 2 is 1.97 bits per heavy atom. The number of benzene rings is 1. The van der Waals surface area contributed by atoms with Gasteiger partial charge in [-0.2, -0.15) is 0 Å². The molecule has 0 amide bonds. The molecule has 2 aliphatic heterocycles. The van der Waals surface area contributed by atoms with Crippen molar-refractivity contribution in [1.29, 1.82) is 0 Å². The van der Waals surface area contributed by atoms with Crippen LogP contribution in [-0.2, 0) is 34.0 Å². The van der Waals surface area contributed by atoms with Crippen molar-refractivity contribution in [3.63, 3.8) is 0 Å². The highest BCUT2D eigenvalue weighted by Gasteiger charge is 2.63. The molecule has 0 fully saturated rings. The smallest absolute Gasteiger partial charge is 0.339 e. The molecule has 29 heavy (non-hydrogen) atoms. The van der Waals surface area contributed by atoms with Gasteiger partial charge in [-0.3, -0.25) is 0 Å². The van der Waals surface area contributed by atoms with Gasteiger partial charge in [0.05, 0.1) is 12.7 Å². The minimum absolute atomic E-state index is 0.0453. The first kappa shape index (κ1) is 20.9. The number of anilines is 1. The van der Waals surface area contributed by atoms with Crippen LogP contribution in [0.4, 0.5) is 5.69 Å². The second kappa shape index (κ2) is 7.55. The summed E-state index contributed by atoms with van der Waals surface area (Å²) in [5, 5.41) is 2.92. The van der Waals surface area contributed by atoms with E-state index in [2.05, 4.69) is 21.2 Å². The van der Waals surface area contributed by atoms with Gasteiger partial charge in [-0.1, -0.05) is 15.9 Å². The fourth-order valence-electron chi connectivity index (χ4n) is 3.62. The molecule has 0 aromatic heterocycles. The lowest BCUT2D eigenvalue weighted by Gasteiger charge is -2.36. The predicted octanol–water partition coefficient (Wildman–Crippen LogP) is 2.63. The maximum Gasteiger partial charge on any atom is 0.339 e. The molecule has 3 N–H and O–H groups in total. The van der Waals surface area contributed by atoms with E-state index < -0.39 is 29.4 Å². The van der Waals surface area contributed by atoms with Gasteiger partial charge in [-0.15, -0.1) is 0 Å². The molecule has 0 saturated carbocycles. The van der Waals surface area contributed by atoms with Crippen LogP contribution in [0.15, 0.2) is 45.4 Å². The van der Waals surface area contributed by atoms with Crippen molar-refractivity contribution in [2.45, 2.75) is 39.2 Å². The SMILES string of the molecule is CCOC(=O)C1=C(C)OC(=O)C12C(C(=O)OC(C)C)=C(N)Nc1ccc(Br)cc12. The molecule has 2 aliphatic rings. The minimum atomic E-state index is -1.91. The summed E-state index contributed by atoms with van der Waals surface area (Å²) in [5.41, 5.74) is 4.77. The topological polar surface area (TPSA) is 117 Å². The van der Waals surface area contributed by atoms with Crippen LogP contribution in [0.1, 0.15) is 33.3 Å². The maximum atomic E-state index is 13.3. The van der Waals surface area contributed by atoms with Crippen LogP contribution in [-0.4, -0.2) is 30.6 Å². The standard InChI is InChI=1S/C20H21BrN2O6/c1-5-27-17(24)14-10(4)29-19(26)20(14)12-8-11(21)6-7-13(12)23-16(22)15(20)18(25)28-9(2)3/h6-9,23H,5,22H2,1-4H3. The molecule has 0 aliphatic carbocycles. The molecule has 8 nitrogen and oxygen atoms in total. The Balaban J connectivity index is 2.39. The molecule has 1 unspecified atom stereocenters. The molecule has 1 atom stereocenters. The Bertz CT molecular complexity index is 981. The third kappa shape index (κ3) is 3.19. The van der Waals surface area contributed by atoms with Crippen LogP contribution in [0, 0.1) is 0 Å². The van der Waals surface area contributed by atoms with E-state index in [9.17, 15) is 14.4 Å². The molecule has 3 rings (SSSR count). The van der Waals surface area contributed by atoms with Gasteiger partial charge in [-0.25, -0.2) is 14.4 Å². The predicted molar refractivity (Wildman–Crippen MR) is 107 cm³/mol. The number of nitrogens with two attached hydrogens (primary N) is 1. The second-order valence-electron chi connectivity index (χ2n) is 6.85. The highest BCUT2D eigenvalue weighted by molar-refractivity contribution is 9.10. The zero-order valence-electron chi connectivity index (χ0n) is 16.4. The monoisotopic (exact) mass is 464 g/mol. The van der Waals surface area contributed by atoms with E-state index in [4.69, 9.17) is 19.9 Å². The molecular formula is C20H21BrN2O6. The third-order valence-corrected chi connectivity index (χ3v) is 5.10. The van der Waals surface area contributed by atoms with Gasteiger partial charge in [0.15, 0.2) is 5.41 Å². The number of cyclic esters (lactones) is 1. The Morgan fingerprint density at radius 1 is 1.28 bits per heavy atom. The number of carbonyl (C=O) groups excluding carboxylic acids is 3. The van der Waals surface area contributed by atoms with Crippen LogP contribution in [0.25, 0.3) is 0 Å². The van der Waals surface area contributed by atoms with Crippen LogP contribution < -0.4 is 11.1 Å². The van der Waals surface area contributed by atoms with Gasteiger partial charge in [0.1, 0.15) is 22.7 Å². The van der Waals surface area contributed by atoms with E-state index in [1.165, 1.54) is 6.92 Å². The number of halogens is 1. The highest BCUT2D eigenvalue weighted by Crippen LogP contribution is 2.53. The van der Waals surface area contributed by atoms with Gasteiger partial charge in [-0.05, 0) is 45.9 Å². The normalized spacial score (nSPS) is 20.6. The fourth-order valence-corrected chi connectivity index (χ4v) is 3.98. The Hall–Kier alpha value is -2.81. The lowest BCUT2D eigenvalue weighted by atomic mass is 9.67. The maximum absolute atomic E-state index is 13.3. The second-order valence-corrected chi connectivity index (χ2v) is 7.76. The van der Waals surface area contributed by atoms with Gasteiger partial charge in [0.25, 0.3) is 0 Å². The third-order valence-electron chi connectivity index (χ3n) is 4.60. The van der Waals surface area contributed by atoms with Crippen LogP contribution in [0.5, 0.6) is 0 Å². The minimum Gasteiger partial charge on any atom is -0.462 e. The summed E-state index contributed by atoms with van der Waals surface area (Å²) in [6.45, 7) is 6.53. The lowest BCUT2D eigenvalue weighted by molar-refractivity contribution is -0.149. The highest BCUT2D eigenvalue weighted by atomic mass is 79.9. The van der Waals surface area contributed by atoms with E-state index in [-0.39, 0.29) is 29.3 Å². The summed E-state index contributed by atoms with van der Waals surface area (Å²) in [6, 6.07) is 5.06. The number of ether oxygens (including phenoxy) is 3. The molecule has 0 radical (unpaired) electrons. The molecule has 1 spiro atoms. The van der Waals surface area contributed by atoms with Crippen LogP contribution in [0.2, 0.25) is 0 Å². The largest absolute Gasteiger partial charge is 0.462 e. The van der Waals surface area contributed by atoms with Crippen LogP contribution >= 0.6 is 15.9 Å². The summed E-state index contributed by atoms with van der Waals surface area (Å²) < 4.78 is 16.5. The van der Waals surface area contributed by atoms with E-state index >= 15 is 0 Å². The number of allylic oxidation sites excluding steroid dienone is 1. The van der Waals surface area contributed by atoms with Gasteiger partial charge >= 0.3 is 17.9 Å². The Morgan fingerprint density at radius 3 is 2.59 bits per heavy atom. The number of hydrogen-bond donors (Lipinski definition) is 2. The fraction of sp³-hybridized carbons (Fsp3) is 0.350. The average molecular weight is 465 g/mol. The summed E-state index contributed by atoms with van der Waals surface area (Å²) in [6.07, 6.45) is -0.475. The molecule has 2 heterocycles. The summed E-state index contributed by atoms with van der Waals surface area (Å²) in [7, 11) is 0. The average Bonchev–Trinajstić information content (AvgIpc) is 2.86. The molecule has 0 bridgehead atoms. The van der Waals surface area contributed by atoms with Crippen molar-refractivity contribution in [3.8, 4) is 0 Å². The molecule has 154 valence electrons. The summed E-state index contributed by atoms with van der Waals surface area (Å²) in [4.78, 5) is 39.3. The molecular weight excluding hydrogens is 444 g/mol. The molecule has 9 heteroatoms. The quantitative estimate of drug-likeness (QED) is 0.515. The zero-order chi connectivity index (χ0) is 21.5. The number of nitrogens with one attached hydrogen (secondary N) is 1. The van der Waals surface area contributed by atoms with E-state index in [1.54, 1.807) is 39.0 Å². The van der Waals surface area contributed by atoms with Gasteiger partial charge in [0.2, 0.25) is 0 Å². The van der Waals surface area contributed by atoms with Crippen molar-refractivity contribution in [2.75, 3.05) is 11.9 Å². The molecule has 1 aromatic carbocycles. The first-order valence-electron chi connectivity index (χ1n) is 9.03. The molecule has 1 aromatic rings. The van der Waals surface area contributed by atoms with Crippen molar-refractivity contribution in [2.24, 2.45) is 5.73 Å². The number of rotatable bonds is 4. The summed E-state index contributed by atoms with van der Waals surface area (Å²) in [5.74, 6) is -2.48. The van der Waals surface area contributed by atoms with E-state index in [1.807, 2.05) is 0 Å². The van der Waals surface area contributed by atoms with Gasteiger partial charge < -0.3 is 25.3 Å². The first-order valence-corrected chi connectivity index (χ1v) is 9.82. The van der Waals surface area contributed by atoms with Gasteiger partial charge in [0, 0.05) is 15.7 Å². The lowest BCUT2D eigenvalue weighted by Crippen LogP contribution is -2.48.